The highest BCUT2D eigenvalue weighted by molar-refractivity contribution is 5.89. The monoisotopic (exact) mass is 287 g/mol. The Morgan fingerprint density at radius 2 is 2.14 bits per heavy atom. The molecule has 2 atom stereocenters. The molecule has 2 aliphatic rings. The summed E-state index contributed by atoms with van der Waals surface area (Å²) < 4.78 is 0. The number of hydrogen-bond donors (Lipinski definition) is 2. The summed E-state index contributed by atoms with van der Waals surface area (Å²) in [5, 5.41) is 6.56. The zero-order valence-corrected chi connectivity index (χ0v) is 13.0. The smallest absolute Gasteiger partial charge is 0.221 e. The van der Waals surface area contributed by atoms with E-state index in [1.165, 1.54) is 44.3 Å². The van der Waals surface area contributed by atoms with Crippen LogP contribution in [0.4, 0.5) is 11.4 Å². The van der Waals surface area contributed by atoms with Crippen LogP contribution >= 0.6 is 0 Å². The molecule has 0 aliphatic carbocycles. The highest BCUT2D eigenvalue weighted by atomic mass is 16.1. The Labute approximate surface area is 126 Å². The fourth-order valence-corrected chi connectivity index (χ4v) is 3.63. The third-order valence-corrected chi connectivity index (χ3v) is 4.74. The van der Waals surface area contributed by atoms with Gasteiger partial charge < -0.3 is 15.5 Å². The maximum atomic E-state index is 11.2. The highest BCUT2D eigenvalue weighted by Gasteiger charge is 2.31. The largest absolute Gasteiger partial charge is 0.382 e. The van der Waals surface area contributed by atoms with E-state index in [-0.39, 0.29) is 5.91 Å². The van der Waals surface area contributed by atoms with E-state index in [4.69, 9.17) is 0 Å². The second kappa shape index (κ2) is 6.06. The molecule has 2 fully saturated rings. The normalized spacial score (nSPS) is 25.4. The van der Waals surface area contributed by atoms with Gasteiger partial charge in [0.2, 0.25) is 5.91 Å². The summed E-state index contributed by atoms with van der Waals surface area (Å²) in [6, 6.07) is 7.41. The van der Waals surface area contributed by atoms with Crippen LogP contribution in [0.15, 0.2) is 18.2 Å². The number of piperidine rings is 1. The lowest BCUT2D eigenvalue weighted by Gasteiger charge is -2.35. The van der Waals surface area contributed by atoms with E-state index in [2.05, 4.69) is 34.6 Å². The van der Waals surface area contributed by atoms with Crippen LogP contribution in [-0.2, 0) is 4.79 Å². The summed E-state index contributed by atoms with van der Waals surface area (Å²) in [6.07, 6.45) is 5.15. The third-order valence-electron chi connectivity index (χ3n) is 4.74. The maximum Gasteiger partial charge on any atom is 0.221 e. The fourth-order valence-electron chi connectivity index (χ4n) is 3.63. The van der Waals surface area contributed by atoms with Gasteiger partial charge in [-0.15, -0.1) is 0 Å². The van der Waals surface area contributed by atoms with Gasteiger partial charge in [-0.2, -0.15) is 0 Å². The summed E-state index contributed by atoms with van der Waals surface area (Å²) in [4.78, 5) is 13.8. The second-order valence-electron chi connectivity index (χ2n) is 6.41. The standard InChI is InChI=1S/C17H25N3O/c1-12-5-6-14(18-13(2)21)11-17(12)19-15-7-9-20-8-3-4-16(20)10-15/h5-6,11,15-16,19H,3-4,7-10H2,1-2H3,(H,18,21). The van der Waals surface area contributed by atoms with Crippen molar-refractivity contribution in [1.29, 1.82) is 0 Å². The van der Waals surface area contributed by atoms with Gasteiger partial charge in [0.25, 0.3) is 0 Å². The first-order chi connectivity index (χ1) is 10.1. The maximum absolute atomic E-state index is 11.2. The van der Waals surface area contributed by atoms with Gasteiger partial charge >= 0.3 is 0 Å². The van der Waals surface area contributed by atoms with E-state index in [1.807, 2.05) is 6.07 Å². The summed E-state index contributed by atoms with van der Waals surface area (Å²) in [6.45, 7) is 6.16. The molecular weight excluding hydrogens is 262 g/mol. The molecule has 4 nitrogen and oxygen atoms in total. The van der Waals surface area contributed by atoms with Gasteiger partial charge in [-0.1, -0.05) is 6.07 Å². The second-order valence-corrected chi connectivity index (χ2v) is 6.41. The SMILES string of the molecule is CC(=O)Nc1ccc(C)c(NC2CCN3CCCC3C2)c1. The first kappa shape index (κ1) is 14.4. The molecule has 0 spiro atoms. The van der Waals surface area contributed by atoms with E-state index in [0.717, 1.165) is 17.4 Å². The molecule has 0 radical (unpaired) electrons. The van der Waals surface area contributed by atoms with Crippen LogP contribution in [0, 0.1) is 6.92 Å². The van der Waals surface area contributed by atoms with Crippen molar-refractivity contribution in [2.45, 2.75) is 51.6 Å². The van der Waals surface area contributed by atoms with E-state index in [1.54, 1.807) is 6.92 Å². The molecule has 3 rings (SSSR count). The van der Waals surface area contributed by atoms with Crippen molar-refractivity contribution in [3.8, 4) is 0 Å². The Balaban J connectivity index is 1.67. The third kappa shape index (κ3) is 3.38. The molecule has 0 aromatic heterocycles. The van der Waals surface area contributed by atoms with E-state index in [0.29, 0.717) is 6.04 Å². The molecular formula is C17H25N3O. The van der Waals surface area contributed by atoms with Crippen molar-refractivity contribution in [2.75, 3.05) is 23.7 Å². The number of fused-ring (bicyclic) bond motifs is 1. The minimum atomic E-state index is -0.0240. The van der Waals surface area contributed by atoms with Crippen LogP contribution in [0.5, 0.6) is 0 Å². The molecule has 1 amide bonds. The predicted molar refractivity (Wildman–Crippen MR) is 86.7 cm³/mol. The van der Waals surface area contributed by atoms with Gasteiger partial charge in [0.15, 0.2) is 0 Å². The Morgan fingerprint density at radius 3 is 2.95 bits per heavy atom. The number of carbonyl (C=O) groups is 1. The molecule has 1 aromatic carbocycles. The number of benzene rings is 1. The Kier molecular flexibility index (Phi) is 4.15. The Hall–Kier alpha value is -1.55. The zero-order chi connectivity index (χ0) is 14.8. The molecule has 2 saturated heterocycles. The van der Waals surface area contributed by atoms with E-state index >= 15 is 0 Å². The van der Waals surface area contributed by atoms with Crippen LogP contribution in [0.2, 0.25) is 0 Å². The number of aryl methyl sites for hydroxylation is 1. The van der Waals surface area contributed by atoms with Crippen LogP contribution in [0.3, 0.4) is 0 Å². The summed E-state index contributed by atoms with van der Waals surface area (Å²) in [5.41, 5.74) is 3.25. The van der Waals surface area contributed by atoms with Crippen molar-refractivity contribution < 1.29 is 4.79 Å². The lowest BCUT2D eigenvalue weighted by atomic mass is 9.97. The number of rotatable bonds is 3. The Bertz CT molecular complexity index is 529. The number of nitrogens with one attached hydrogen (secondary N) is 2. The van der Waals surface area contributed by atoms with Gasteiger partial charge in [-0.25, -0.2) is 0 Å². The van der Waals surface area contributed by atoms with Crippen LogP contribution < -0.4 is 10.6 Å². The average molecular weight is 287 g/mol. The summed E-state index contributed by atoms with van der Waals surface area (Å²) in [5.74, 6) is -0.0240. The minimum Gasteiger partial charge on any atom is -0.382 e. The Morgan fingerprint density at radius 1 is 1.29 bits per heavy atom. The van der Waals surface area contributed by atoms with Crippen molar-refractivity contribution >= 4 is 17.3 Å². The molecule has 0 bridgehead atoms. The van der Waals surface area contributed by atoms with Crippen molar-refractivity contribution in [3.05, 3.63) is 23.8 Å². The number of carbonyl (C=O) groups excluding carboxylic acids is 1. The number of amides is 1. The predicted octanol–water partition coefficient (Wildman–Crippen LogP) is 2.99. The van der Waals surface area contributed by atoms with Crippen molar-refractivity contribution in [2.24, 2.45) is 0 Å². The van der Waals surface area contributed by atoms with Crippen LogP contribution in [-0.4, -0.2) is 36.0 Å². The van der Waals surface area contributed by atoms with Crippen LogP contribution in [0.25, 0.3) is 0 Å². The van der Waals surface area contributed by atoms with Gasteiger partial charge in [0, 0.05) is 36.9 Å². The lowest BCUT2D eigenvalue weighted by Crippen LogP contribution is -2.42. The topological polar surface area (TPSA) is 44.4 Å². The molecule has 4 heteroatoms. The van der Waals surface area contributed by atoms with Crippen molar-refractivity contribution in [3.63, 3.8) is 0 Å². The summed E-state index contributed by atoms with van der Waals surface area (Å²) >= 11 is 0. The van der Waals surface area contributed by atoms with E-state index in [9.17, 15) is 4.79 Å². The number of hydrogen-bond acceptors (Lipinski definition) is 3. The molecule has 114 valence electrons. The lowest BCUT2D eigenvalue weighted by molar-refractivity contribution is -0.114. The first-order valence-electron chi connectivity index (χ1n) is 8.00. The minimum absolute atomic E-state index is 0.0240. The van der Waals surface area contributed by atoms with Gasteiger partial charge in [0.05, 0.1) is 0 Å². The quantitative estimate of drug-likeness (QED) is 0.898. The molecule has 2 heterocycles. The molecule has 2 N–H and O–H groups in total. The summed E-state index contributed by atoms with van der Waals surface area (Å²) in [7, 11) is 0. The molecule has 1 aromatic rings. The molecule has 21 heavy (non-hydrogen) atoms. The van der Waals surface area contributed by atoms with Gasteiger partial charge in [0.1, 0.15) is 0 Å². The van der Waals surface area contributed by atoms with E-state index < -0.39 is 0 Å². The van der Waals surface area contributed by atoms with Gasteiger partial charge in [-0.3, -0.25) is 4.79 Å². The van der Waals surface area contributed by atoms with Crippen molar-refractivity contribution in [1.82, 2.24) is 4.90 Å². The molecule has 2 aliphatic heterocycles. The molecule has 0 saturated carbocycles. The fraction of sp³-hybridized carbons (Fsp3) is 0.588. The number of nitrogens with zero attached hydrogens (tertiary/aromatic N) is 1. The number of anilines is 2. The molecule has 2 unspecified atom stereocenters. The van der Waals surface area contributed by atoms with Gasteiger partial charge in [-0.05, 0) is 56.8 Å². The van der Waals surface area contributed by atoms with Crippen LogP contribution in [0.1, 0.15) is 38.2 Å². The highest BCUT2D eigenvalue weighted by Crippen LogP contribution is 2.30. The zero-order valence-electron chi connectivity index (χ0n) is 13.0. The first-order valence-corrected chi connectivity index (χ1v) is 8.00. The average Bonchev–Trinajstić information content (AvgIpc) is 2.89.